The van der Waals surface area contributed by atoms with Crippen LogP contribution in [0.4, 0.5) is 0 Å². The lowest BCUT2D eigenvalue weighted by molar-refractivity contribution is 0.302. The first-order valence-electron chi connectivity index (χ1n) is 25.2. The predicted molar refractivity (Wildman–Crippen MR) is 259 cm³/mol. The fraction of sp³-hybridized carbons (Fsp3) is 0.552. The lowest BCUT2D eigenvalue weighted by Crippen LogP contribution is -2.13. The van der Waals surface area contributed by atoms with Crippen molar-refractivity contribution in [2.45, 2.75) is 181 Å². The van der Waals surface area contributed by atoms with Gasteiger partial charge in [-0.1, -0.05) is 140 Å². The molecule has 0 unspecified atom stereocenters. The van der Waals surface area contributed by atoms with Crippen LogP contribution in [0.2, 0.25) is 0 Å². The third-order valence-electron chi connectivity index (χ3n) is 14.1. The van der Waals surface area contributed by atoms with Crippen LogP contribution in [0, 0.1) is 34.5 Å². The Balaban J connectivity index is 1.18. The molecule has 4 aromatic carbocycles. The highest BCUT2D eigenvalue weighted by molar-refractivity contribution is 5.61. The van der Waals surface area contributed by atoms with Crippen LogP contribution in [0.5, 0.6) is 23.0 Å². The lowest BCUT2D eigenvalue weighted by atomic mass is 9.77. The fourth-order valence-corrected chi connectivity index (χ4v) is 10.3. The van der Waals surface area contributed by atoms with Crippen molar-refractivity contribution in [3.63, 3.8) is 0 Å². The van der Waals surface area contributed by atoms with E-state index >= 15 is 0 Å². The van der Waals surface area contributed by atoms with Gasteiger partial charge in [0.15, 0.2) is 0 Å². The number of benzene rings is 4. The van der Waals surface area contributed by atoms with E-state index in [1.807, 2.05) is 24.3 Å². The molecule has 5 heteroatoms. The summed E-state index contributed by atoms with van der Waals surface area (Å²) >= 11 is 0. The molecule has 2 aliphatic carbocycles. The molecule has 0 amide bonds. The molecule has 0 radical (unpaired) electrons. The summed E-state index contributed by atoms with van der Waals surface area (Å²) in [6, 6.07) is 30.6. The van der Waals surface area contributed by atoms with Crippen molar-refractivity contribution in [3.8, 4) is 35.1 Å². The Morgan fingerprint density at radius 1 is 0.444 bits per heavy atom. The second kappa shape index (κ2) is 25.5. The highest BCUT2D eigenvalue weighted by atomic mass is 16.5. The number of ether oxygens (including phenoxy) is 3. The molecule has 336 valence electrons. The van der Waals surface area contributed by atoms with E-state index in [4.69, 9.17) is 14.2 Å². The molecule has 2 aliphatic rings. The maximum atomic E-state index is 10.7. The molecule has 0 bridgehead atoms. The molecule has 2 saturated carbocycles. The first-order valence-corrected chi connectivity index (χ1v) is 25.2. The van der Waals surface area contributed by atoms with Gasteiger partial charge in [0.2, 0.25) is 0 Å². The summed E-state index contributed by atoms with van der Waals surface area (Å²) in [7, 11) is 0. The highest BCUT2D eigenvalue weighted by Gasteiger charge is 2.25. The molecule has 0 spiro atoms. The minimum atomic E-state index is 0.420. The number of hydrogen-bond donors (Lipinski definition) is 0. The van der Waals surface area contributed by atoms with Crippen LogP contribution in [0.1, 0.15) is 212 Å². The van der Waals surface area contributed by atoms with Crippen molar-refractivity contribution in [3.05, 3.63) is 117 Å². The first kappa shape index (κ1) is 47.7. The van der Waals surface area contributed by atoms with Crippen molar-refractivity contribution in [2.24, 2.45) is 11.8 Å². The summed E-state index contributed by atoms with van der Waals surface area (Å²) in [5.74, 6) is 5.27. The van der Waals surface area contributed by atoms with Crippen LogP contribution >= 0.6 is 0 Å². The molecular formula is C58H76N2O3. The van der Waals surface area contributed by atoms with Crippen LogP contribution in [-0.2, 0) is 12.8 Å². The van der Waals surface area contributed by atoms with E-state index in [9.17, 15) is 10.5 Å². The van der Waals surface area contributed by atoms with Gasteiger partial charge in [-0.2, -0.15) is 10.5 Å². The van der Waals surface area contributed by atoms with E-state index in [0.717, 1.165) is 46.9 Å². The molecular weight excluding hydrogens is 773 g/mol. The smallest absolute Gasteiger partial charge is 0.145 e. The van der Waals surface area contributed by atoms with Crippen molar-refractivity contribution in [2.75, 3.05) is 13.2 Å². The van der Waals surface area contributed by atoms with Gasteiger partial charge in [-0.05, 0) is 134 Å². The van der Waals surface area contributed by atoms with Crippen molar-refractivity contribution in [1.82, 2.24) is 0 Å². The topological polar surface area (TPSA) is 75.3 Å². The number of unbranched alkanes of at least 4 members (excludes halogenated alkanes) is 6. The zero-order valence-corrected chi connectivity index (χ0v) is 39.3. The molecule has 0 aliphatic heterocycles. The number of nitrogens with zero attached hydrogens (tertiary/aromatic N) is 2. The van der Waals surface area contributed by atoms with E-state index < -0.39 is 0 Å². The SMILES string of the molecule is CCCCCC[C@H]1CC[C@H](c2ccc(Cc3c(OCCC)ccc(Oc4ccc(OCCC)c(Cc5ccc([C@H]6CC[C@H](CCCCCC)CC6)cc5)c4C#N)c3C#N)cc2)CC1. The molecule has 0 N–H and O–H groups in total. The van der Waals surface area contributed by atoms with Gasteiger partial charge >= 0.3 is 0 Å². The molecule has 63 heavy (non-hydrogen) atoms. The summed E-state index contributed by atoms with van der Waals surface area (Å²) in [6.45, 7) is 9.87. The van der Waals surface area contributed by atoms with Crippen LogP contribution < -0.4 is 14.2 Å². The zero-order chi connectivity index (χ0) is 44.2. The third-order valence-corrected chi connectivity index (χ3v) is 14.1. The molecule has 0 aromatic heterocycles. The standard InChI is InChI=1S/C58H76N2O3/c1-5-9-11-13-15-43-17-25-47(26-18-43)49-29-21-45(22-30-49)39-51-53(41-59)57(35-33-55(51)61-37-7-3)63-58-36-34-56(62-38-8-4)52(54(58)42-60)40-46-23-31-50(32-24-46)48-27-19-44(20-28-48)16-14-12-10-6-2/h21-24,29-36,43-44,47-48H,5-20,25-28,37-40H2,1-4H3/t43-,44-,47-,48-. The van der Waals surface area contributed by atoms with Crippen molar-refractivity contribution in [1.29, 1.82) is 10.5 Å². The van der Waals surface area contributed by atoms with E-state index in [-0.39, 0.29) is 0 Å². The Morgan fingerprint density at radius 2 is 0.825 bits per heavy atom. The molecule has 6 rings (SSSR count). The molecule has 0 atom stereocenters. The zero-order valence-electron chi connectivity index (χ0n) is 39.3. The van der Waals surface area contributed by atoms with Crippen LogP contribution in [0.15, 0.2) is 72.8 Å². The Labute approximate surface area is 381 Å². The summed E-state index contributed by atoms with van der Waals surface area (Å²) in [5.41, 5.74) is 7.60. The maximum absolute atomic E-state index is 10.7. The van der Waals surface area contributed by atoms with Gasteiger partial charge in [0, 0.05) is 24.0 Å². The Morgan fingerprint density at radius 3 is 1.17 bits per heavy atom. The van der Waals surface area contributed by atoms with Gasteiger partial charge in [0.05, 0.1) is 13.2 Å². The second-order valence-corrected chi connectivity index (χ2v) is 18.8. The normalized spacial score (nSPS) is 18.6. The molecule has 0 saturated heterocycles. The van der Waals surface area contributed by atoms with Gasteiger partial charge in [0.1, 0.15) is 46.3 Å². The minimum Gasteiger partial charge on any atom is -0.493 e. The van der Waals surface area contributed by atoms with Crippen molar-refractivity contribution < 1.29 is 14.2 Å². The van der Waals surface area contributed by atoms with E-state index in [1.165, 1.54) is 127 Å². The van der Waals surface area contributed by atoms with Crippen LogP contribution in [0.25, 0.3) is 0 Å². The van der Waals surface area contributed by atoms with Gasteiger partial charge < -0.3 is 14.2 Å². The summed E-state index contributed by atoms with van der Waals surface area (Å²) < 4.78 is 19.1. The fourth-order valence-electron chi connectivity index (χ4n) is 10.3. The van der Waals surface area contributed by atoms with Crippen LogP contribution in [-0.4, -0.2) is 13.2 Å². The average Bonchev–Trinajstić information content (AvgIpc) is 3.32. The Bertz CT molecular complexity index is 1910. The molecule has 4 aromatic rings. The third kappa shape index (κ3) is 13.6. The van der Waals surface area contributed by atoms with E-state index in [2.05, 4.69) is 88.4 Å². The largest absolute Gasteiger partial charge is 0.493 e. The molecule has 5 nitrogen and oxygen atoms in total. The first-order chi connectivity index (χ1) is 31.0. The summed E-state index contributed by atoms with van der Waals surface area (Å²) in [5, 5.41) is 21.5. The molecule has 2 fully saturated rings. The highest BCUT2D eigenvalue weighted by Crippen LogP contribution is 2.42. The number of hydrogen-bond acceptors (Lipinski definition) is 5. The van der Waals surface area contributed by atoms with Gasteiger partial charge in [-0.3, -0.25) is 0 Å². The van der Waals surface area contributed by atoms with E-state index in [0.29, 0.717) is 72.0 Å². The van der Waals surface area contributed by atoms with Crippen molar-refractivity contribution >= 4 is 0 Å². The monoisotopic (exact) mass is 849 g/mol. The van der Waals surface area contributed by atoms with Gasteiger partial charge in [-0.25, -0.2) is 0 Å². The Kier molecular flexibility index (Phi) is 19.3. The summed E-state index contributed by atoms with van der Waals surface area (Å²) in [6.07, 6.45) is 26.9. The van der Waals surface area contributed by atoms with Crippen LogP contribution in [0.3, 0.4) is 0 Å². The maximum Gasteiger partial charge on any atom is 0.145 e. The second-order valence-electron chi connectivity index (χ2n) is 18.8. The number of rotatable bonds is 24. The number of nitriles is 2. The predicted octanol–water partition coefficient (Wildman–Crippen LogP) is 16.5. The summed E-state index contributed by atoms with van der Waals surface area (Å²) in [4.78, 5) is 0. The van der Waals surface area contributed by atoms with Gasteiger partial charge in [0.25, 0.3) is 0 Å². The Hall–Kier alpha value is -4.74. The quantitative estimate of drug-likeness (QED) is 0.0657. The van der Waals surface area contributed by atoms with E-state index in [1.54, 1.807) is 0 Å². The lowest BCUT2D eigenvalue weighted by Gasteiger charge is -2.29. The molecule has 0 heterocycles. The van der Waals surface area contributed by atoms with Gasteiger partial charge in [-0.15, -0.1) is 0 Å². The average molecular weight is 849 g/mol. The minimum absolute atomic E-state index is 0.420.